The Morgan fingerprint density at radius 2 is 0.935 bits per heavy atom. The number of alkyl halides is 12. The van der Waals surface area contributed by atoms with Gasteiger partial charge in [0.1, 0.15) is 11.5 Å². The molecule has 0 aliphatic heterocycles. The second kappa shape index (κ2) is 12.7. The molecule has 3 nitrogen and oxygen atoms in total. The average Bonchev–Trinajstić information content (AvgIpc) is 2.93. The van der Waals surface area contributed by atoms with Crippen molar-refractivity contribution in [3.8, 4) is 11.5 Å². The molecule has 0 saturated heterocycles. The van der Waals surface area contributed by atoms with Gasteiger partial charge in [0.2, 0.25) is 0 Å². The van der Waals surface area contributed by atoms with E-state index >= 15 is 0 Å². The van der Waals surface area contributed by atoms with Gasteiger partial charge in [-0.3, -0.25) is 0 Å². The van der Waals surface area contributed by atoms with Gasteiger partial charge in [-0.2, -0.15) is 26.3 Å². The monoisotopic (exact) mass is 667 g/mol. The molecular formula is C31H21F12NO2. The van der Waals surface area contributed by atoms with E-state index in [2.05, 4.69) is 14.8 Å². The van der Waals surface area contributed by atoms with Crippen molar-refractivity contribution >= 4 is 5.69 Å². The summed E-state index contributed by atoms with van der Waals surface area (Å²) in [6.45, 7) is -0.620. The third kappa shape index (κ3) is 9.01. The van der Waals surface area contributed by atoms with Crippen LogP contribution in [0.15, 0.2) is 97.1 Å². The minimum Gasteiger partial charge on any atom is -0.406 e. The zero-order chi connectivity index (χ0) is 34.0. The van der Waals surface area contributed by atoms with Gasteiger partial charge in [0.15, 0.2) is 0 Å². The summed E-state index contributed by atoms with van der Waals surface area (Å²) in [5.74, 6) is -1.47. The zero-order valence-electron chi connectivity index (χ0n) is 23.0. The van der Waals surface area contributed by atoms with E-state index in [9.17, 15) is 52.7 Å². The quantitative estimate of drug-likeness (QED) is 0.180. The van der Waals surface area contributed by atoms with E-state index in [1.165, 1.54) is 12.1 Å². The molecule has 46 heavy (non-hydrogen) atoms. The second-order valence-electron chi connectivity index (χ2n) is 10.0. The first kappa shape index (κ1) is 34.3. The van der Waals surface area contributed by atoms with Gasteiger partial charge >= 0.3 is 25.1 Å². The van der Waals surface area contributed by atoms with Gasteiger partial charge in [-0.25, -0.2) is 0 Å². The first-order chi connectivity index (χ1) is 21.2. The van der Waals surface area contributed by atoms with E-state index in [0.29, 0.717) is 17.7 Å². The number of rotatable bonds is 9. The fourth-order valence-electron chi connectivity index (χ4n) is 4.87. The summed E-state index contributed by atoms with van der Waals surface area (Å²) in [6.07, 6.45) is -20.9. The molecule has 4 aromatic rings. The predicted octanol–water partition coefficient (Wildman–Crippen LogP) is 10.2. The molecule has 246 valence electrons. The Kier molecular flexibility index (Phi) is 9.46. The summed E-state index contributed by atoms with van der Waals surface area (Å²) >= 11 is 0. The fraction of sp³-hybridized carbons (Fsp3) is 0.226. The highest BCUT2D eigenvalue weighted by molar-refractivity contribution is 5.54. The maximum Gasteiger partial charge on any atom is 0.573 e. The first-order valence-corrected chi connectivity index (χ1v) is 13.0. The highest BCUT2D eigenvalue weighted by Gasteiger charge is 2.40. The molecule has 0 heterocycles. The first-order valence-electron chi connectivity index (χ1n) is 13.0. The number of halogens is 12. The van der Waals surface area contributed by atoms with Crippen molar-refractivity contribution in [3.63, 3.8) is 0 Å². The predicted molar refractivity (Wildman–Crippen MR) is 142 cm³/mol. The molecule has 0 aliphatic carbocycles. The number of ether oxygens (including phenoxy) is 2. The molecule has 1 N–H and O–H groups in total. The Morgan fingerprint density at radius 1 is 0.478 bits per heavy atom. The smallest absolute Gasteiger partial charge is 0.406 e. The molecule has 0 bridgehead atoms. The highest BCUT2D eigenvalue weighted by Crippen LogP contribution is 2.42. The van der Waals surface area contributed by atoms with Gasteiger partial charge in [0, 0.05) is 17.6 Å². The number of hydrogen-bond donors (Lipinski definition) is 1. The molecule has 0 fully saturated rings. The van der Waals surface area contributed by atoms with Crippen LogP contribution in [0.5, 0.6) is 11.5 Å². The number of benzene rings is 4. The summed E-state index contributed by atoms with van der Waals surface area (Å²) in [7, 11) is 0. The van der Waals surface area contributed by atoms with E-state index in [4.69, 9.17) is 0 Å². The summed E-state index contributed by atoms with van der Waals surface area (Å²) in [6, 6.07) is 17.4. The van der Waals surface area contributed by atoms with Crippen molar-refractivity contribution in [2.24, 2.45) is 0 Å². The Balaban J connectivity index is 1.95. The van der Waals surface area contributed by atoms with Crippen LogP contribution in [0.2, 0.25) is 0 Å². The van der Waals surface area contributed by atoms with E-state index in [0.717, 1.165) is 36.4 Å². The Hall–Kier alpha value is -4.56. The lowest BCUT2D eigenvalue weighted by Gasteiger charge is -2.37. The van der Waals surface area contributed by atoms with E-state index in [1.807, 2.05) is 0 Å². The van der Waals surface area contributed by atoms with E-state index < -0.39 is 65.4 Å². The molecule has 0 saturated carbocycles. The minimum absolute atomic E-state index is 0.0298. The molecular weight excluding hydrogens is 646 g/mol. The van der Waals surface area contributed by atoms with Gasteiger partial charge in [-0.1, -0.05) is 54.6 Å². The summed E-state index contributed by atoms with van der Waals surface area (Å²) in [4.78, 5) is 0. The van der Waals surface area contributed by atoms with Crippen LogP contribution in [0.1, 0.15) is 27.8 Å². The Labute approximate surface area is 253 Å². The van der Waals surface area contributed by atoms with Crippen LogP contribution in [-0.4, -0.2) is 19.3 Å². The topological polar surface area (TPSA) is 30.5 Å². The van der Waals surface area contributed by atoms with Crippen molar-refractivity contribution in [3.05, 3.63) is 125 Å². The van der Waals surface area contributed by atoms with Crippen LogP contribution in [0.4, 0.5) is 58.4 Å². The maximum absolute atomic E-state index is 13.6. The maximum atomic E-state index is 13.6. The molecule has 4 rings (SSSR count). The lowest BCUT2D eigenvalue weighted by Crippen LogP contribution is -2.38. The van der Waals surface area contributed by atoms with Crippen molar-refractivity contribution in [2.75, 3.05) is 11.9 Å². The molecule has 15 heteroatoms. The van der Waals surface area contributed by atoms with Crippen LogP contribution in [0.25, 0.3) is 0 Å². The molecule has 0 aromatic heterocycles. The van der Waals surface area contributed by atoms with E-state index in [-0.39, 0.29) is 23.6 Å². The number of nitrogens with one attached hydrogen (secondary N) is 1. The molecule has 4 aromatic carbocycles. The van der Waals surface area contributed by atoms with Crippen LogP contribution >= 0.6 is 0 Å². The van der Waals surface area contributed by atoms with Crippen molar-refractivity contribution in [1.29, 1.82) is 0 Å². The minimum atomic E-state index is -5.19. The van der Waals surface area contributed by atoms with Crippen molar-refractivity contribution in [2.45, 2.75) is 36.9 Å². The highest BCUT2D eigenvalue weighted by atomic mass is 19.4. The lowest BCUT2D eigenvalue weighted by atomic mass is 9.70. The SMILES string of the molecule is FC(F)(F)Oc1cccc(C(CNc2cc(C(F)(F)F)cc(C(F)(F)F)c2)(Cc2ccccc2)c2cccc(OC(F)(F)F)c2)c1. The van der Waals surface area contributed by atoms with Crippen LogP contribution in [-0.2, 0) is 24.2 Å². The molecule has 0 unspecified atom stereocenters. The van der Waals surface area contributed by atoms with Gasteiger partial charge in [-0.05, 0) is 65.6 Å². The lowest BCUT2D eigenvalue weighted by molar-refractivity contribution is -0.275. The van der Waals surface area contributed by atoms with Gasteiger partial charge in [0.05, 0.1) is 11.1 Å². The van der Waals surface area contributed by atoms with Gasteiger partial charge < -0.3 is 14.8 Å². The largest absolute Gasteiger partial charge is 0.573 e. The molecule has 0 spiro atoms. The summed E-state index contributed by atoms with van der Waals surface area (Å²) < 4.78 is 168. The molecule has 0 amide bonds. The van der Waals surface area contributed by atoms with Crippen molar-refractivity contribution in [1.82, 2.24) is 0 Å². The van der Waals surface area contributed by atoms with Crippen LogP contribution < -0.4 is 14.8 Å². The number of anilines is 1. The van der Waals surface area contributed by atoms with E-state index in [1.54, 1.807) is 30.3 Å². The average molecular weight is 667 g/mol. The van der Waals surface area contributed by atoms with Crippen molar-refractivity contribution < 1.29 is 62.2 Å². The third-order valence-corrected chi connectivity index (χ3v) is 6.77. The van der Waals surface area contributed by atoms with Gasteiger partial charge in [0.25, 0.3) is 0 Å². The van der Waals surface area contributed by atoms with Gasteiger partial charge in [-0.15, -0.1) is 26.3 Å². The summed E-state index contributed by atoms with van der Waals surface area (Å²) in [5.41, 5.74) is -5.28. The van der Waals surface area contributed by atoms with Crippen LogP contribution in [0, 0.1) is 0 Å². The summed E-state index contributed by atoms with van der Waals surface area (Å²) in [5, 5.41) is 2.54. The standard InChI is InChI=1S/C31H21F12NO2/c32-28(33,34)22-12-23(29(35,36)37)14-24(13-22)44-18-27(17-19-6-2-1-3-7-19,20-8-4-10-25(15-20)45-30(38,39)40)21-9-5-11-26(16-21)46-31(41,42)43/h1-16,44H,17-18H2. The zero-order valence-corrected chi connectivity index (χ0v) is 23.0. The Morgan fingerprint density at radius 3 is 1.35 bits per heavy atom. The number of hydrogen-bond acceptors (Lipinski definition) is 3. The fourth-order valence-corrected chi connectivity index (χ4v) is 4.87. The Bertz CT molecular complexity index is 1540. The molecule has 0 aliphatic rings. The molecule has 0 atom stereocenters. The molecule has 0 radical (unpaired) electrons. The van der Waals surface area contributed by atoms with Crippen LogP contribution in [0.3, 0.4) is 0 Å². The third-order valence-electron chi connectivity index (χ3n) is 6.77. The second-order valence-corrected chi connectivity index (χ2v) is 10.0. The normalized spacial score (nSPS) is 13.0.